The molecule has 0 aromatic carbocycles. The highest BCUT2D eigenvalue weighted by Crippen LogP contribution is 2.28. The summed E-state index contributed by atoms with van der Waals surface area (Å²) in [6.45, 7) is 4.27. The molecule has 6 nitrogen and oxygen atoms in total. The quantitative estimate of drug-likeness (QED) is 0.637. The third kappa shape index (κ3) is 4.03. The molecule has 1 aromatic heterocycles. The van der Waals surface area contributed by atoms with E-state index in [1.165, 1.54) is 41.0 Å². The number of carbonyl (C=O) groups is 3. The largest absolute Gasteiger partial charge is 0.339 e. The van der Waals surface area contributed by atoms with Crippen LogP contribution in [-0.2, 0) is 22.4 Å². The standard InChI is InChI=1S/C18H25N3O3S/c1-11(2)21-10-13(9-16(21)22)17(23)19-20-18(24)15-8-12-6-4-3-5-7-14(12)25-15/h8,11,13H,3-7,9-10H2,1-2H3,(H,19,23)(H,20,24)/t13-/m1/s1. The van der Waals surface area contributed by atoms with Gasteiger partial charge in [0, 0.05) is 23.9 Å². The third-order valence-electron chi connectivity index (χ3n) is 4.92. The van der Waals surface area contributed by atoms with Crippen molar-refractivity contribution >= 4 is 29.1 Å². The van der Waals surface area contributed by atoms with Crippen molar-refractivity contribution in [2.24, 2.45) is 5.92 Å². The molecule has 3 amide bonds. The van der Waals surface area contributed by atoms with Crippen LogP contribution in [0.5, 0.6) is 0 Å². The highest BCUT2D eigenvalue weighted by atomic mass is 32.1. The van der Waals surface area contributed by atoms with Crippen LogP contribution >= 0.6 is 11.3 Å². The number of rotatable bonds is 3. The Labute approximate surface area is 151 Å². The smallest absolute Gasteiger partial charge is 0.279 e. The van der Waals surface area contributed by atoms with Gasteiger partial charge in [-0.1, -0.05) is 6.42 Å². The molecular formula is C18H25N3O3S. The van der Waals surface area contributed by atoms with Crippen LogP contribution in [-0.4, -0.2) is 35.2 Å². The van der Waals surface area contributed by atoms with Crippen molar-refractivity contribution in [3.05, 3.63) is 21.4 Å². The molecule has 2 N–H and O–H groups in total. The number of hydrazine groups is 1. The molecule has 1 aromatic rings. The number of carbonyl (C=O) groups excluding carboxylic acids is 3. The molecule has 0 spiro atoms. The lowest BCUT2D eigenvalue weighted by molar-refractivity contribution is -0.130. The average Bonchev–Trinajstić information content (AvgIpc) is 3.10. The van der Waals surface area contributed by atoms with Gasteiger partial charge >= 0.3 is 0 Å². The van der Waals surface area contributed by atoms with E-state index in [-0.39, 0.29) is 30.2 Å². The van der Waals surface area contributed by atoms with E-state index < -0.39 is 5.92 Å². The van der Waals surface area contributed by atoms with E-state index in [1.54, 1.807) is 4.90 Å². The minimum atomic E-state index is -0.407. The zero-order valence-electron chi connectivity index (χ0n) is 14.8. The Morgan fingerprint density at radius 2 is 1.96 bits per heavy atom. The van der Waals surface area contributed by atoms with Crippen LogP contribution in [0.15, 0.2) is 6.07 Å². The molecule has 0 unspecified atom stereocenters. The summed E-state index contributed by atoms with van der Waals surface area (Å²) in [7, 11) is 0. The third-order valence-corrected chi connectivity index (χ3v) is 6.16. The number of fused-ring (bicyclic) bond motifs is 1. The second-order valence-electron chi connectivity index (χ2n) is 7.10. The first kappa shape index (κ1) is 17.9. The van der Waals surface area contributed by atoms with Crippen molar-refractivity contribution in [2.45, 2.75) is 58.4 Å². The molecule has 0 radical (unpaired) electrons. The van der Waals surface area contributed by atoms with Gasteiger partial charge in [0.2, 0.25) is 11.8 Å². The van der Waals surface area contributed by atoms with E-state index in [0.29, 0.717) is 11.4 Å². The lowest BCUT2D eigenvalue weighted by atomic mass is 10.1. The summed E-state index contributed by atoms with van der Waals surface area (Å²) >= 11 is 1.52. The summed E-state index contributed by atoms with van der Waals surface area (Å²) in [6.07, 6.45) is 5.85. The van der Waals surface area contributed by atoms with Crippen LogP contribution in [0.3, 0.4) is 0 Å². The average molecular weight is 363 g/mol. The Bertz CT molecular complexity index is 660. The normalized spacial score (nSPS) is 20.4. The van der Waals surface area contributed by atoms with Crippen LogP contribution in [0.1, 0.15) is 59.6 Å². The summed E-state index contributed by atoms with van der Waals surface area (Å²) in [5, 5.41) is 0. The fraction of sp³-hybridized carbons (Fsp3) is 0.611. The molecule has 25 heavy (non-hydrogen) atoms. The van der Waals surface area contributed by atoms with Crippen LogP contribution in [0.25, 0.3) is 0 Å². The van der Waals surface area contributed by atoms with E-state index in [4.69, 9.17) is 0 Å². The fourth-order valence-corrected chi connectivity index (χ4v) is 4.62. The van der Waals surface area contributed by atoms with Crippen molar-refractivity contribution in [1.82, 2.24) is 15.8 Å². The molecule has 7 heteroatoms. The first-order valence-electron chi connectivity index (χ1n) is 8.97. The van der Waals surface area contributed by atoms with E-state index in [2.05, 4.69) is 10.9 Å². The van der Waals surface area contributed by atoms with Gasteiger partial charge in [0.1, 0.15) is 0 Å². The Hall–Kier alpha value is -1.89. The Balaban J connectivity index is 1.54. The van der Waals surface area contributed by atoms with Gasteiger partial charge in [-0.3, -0.25) is 25.2 Å². The second kappa shape index (κ2) is 7.56. The van der Waals surface area contributed by atoms with Gasteiger partial charge in [-0.15, -0.1) is 11.3 Å². The number of aryl methyl sites for hydroxylation is 2. The molecule has 136 valence electrons. The number of nitrogens with one attached hydrogen (secondary N) is 2. The van der Waals surface area contributed by atoms with Gasteiger partial charge in [0.05, 0.1) is 10.8 Å². The van der Waals surface area contributed by atoms with E-state index >= 15 is 0 Å². The summed E-state index contributed by atoms with van der Waals surface area (Å²) < 4.78 is 0. The number of hydrogen-bond donors (Lipinski definition) is 2. The van der Waals surface area contributed by atoms with Crippen LogP contribution < -0.4 is 10.9 Å². The van der Waals surface area contributed by atoms with Crippen LogP contribution in [0.4, 0.5) is 0 Å². The van der Waals surface area contributed by atoms with Gasteiger partial charge < -0.3 is 4.90 Å². The Morgan fingerprint density at radius 1 is 1.20 bits per heavy atom. The molecule has 0 bridgehead atoms. The summed E-state index contributed by atoms with van der Waals surface area (Å²) in [4.78, 5) is 40.1. The monoisotopic (exact) mass is 363 g/mol. The maximum atomic E-state index is 12.3. The number of thiophene rings is 1. The molecule has 3 rings (SSSR count). The lowest BCUT2D eigenvalue weighted by Gasteiger charge is -2.20. The van der Waals surface area contributed by atoms with Crippen LogP contribution in [0, 0.1) is 5.92 Å². The lowest BCUT2D eigenvalue weighted by Crippen LogP contribution is -2.45. The van der Waals surface area contributed by atoms with E-state index in [0.717, 1.165) is 12.8 Å². The van der Waals surface area contributed by atoms with Crippen molar-refractivity contribution in [3.63, 3.8) is 0 Å². The molecule has 1 fully saturated rings. The van der Waals surface area contributed by atoms with E-state index in [1.807, 2.05) is 19.9 Å². The molecule has 1 aliphatic carbocycles. The Kier molecular flexibility index (Phi) is 5.42. The number of amides is 3. The SMILES string of the molecule is CC(C)N1C[C@H](C(=O)NNC(=O)c2cc3c(s2)CCCCC3)CC1=O. The highest BCUT2D eigenvalue weighted by Gasteiger charge is 2.35. The van der Waals surface area contributed by atoms with Crippen LogP contribution in [0.2, 0.25) is 0 Å². The van der Waals surface area contributed by atoms with Crippen molar-refractivity contribution in [3.8, 4) is 0 Å². The van der Waals surface area contributed by atoms with Gasteiger partial charge in [-0.05, 0) is 51.2 Å². The van der Waals surface area contributed by atoms with Crippen molar-refractivity contribution in [1.29, 1.82) is 0 Å². The van der Waals surface area contributed by atoms with Gasteiger partial charge in [0.15, 0.2) is 0 Å². The highest BCUT2D eigenvalue weighted by molar-refractivity contribution is 7.14. The Morgan fingerprint density at radius 3 is 2.68 bits per heavy atom. The van der Waals surface area contributed by atoms with Crippen molar-refractivity contribution in [2.75, 3.05) is 6.54 Å². The molecule has 2 heterocycles. The summed E-state index contributed by atoms with van der Waals surface area (Å²) in [5.74, 6) is -1.00. The van der Waals surface area contributed by atoms with Gasteiger partial charge in [-0.25, -0.2) is 0 Å². The maximum Gasteiger partial charge on any atom is 0.279 e. The fourth-order valence-electron chi connectivity index (χ4n) is 3.47. The summed E-state index contributed by atoms with van der Waals surface area (Å²) in [6, 6.07) is 2.04. The zero-order chi connectivity index (χ0) is 18.0. The predicted octanol–water partition coefficient (Wildman–Crippen LogP) is 2.03. The zero-order valence-corrected chi connectivity index (χ0v) is 15.6. The van der Waals surface area contributed by atoms with Crippen molar-refractivity contribution < 1.29 is 14.4 Å². The van der Waals surface area contributed by atoms with E-state index in [9.17, 15) is 14.4 Å². The number of nitrogens with zero attached hydrogens (tertiary/aromatic N) is 1. The molecule has 1 atom stereocenters. The second-order valence-corrected chi connectivity index (χ2v) is 8.24. The molecule has 2 aliphatic rings. The predicted molar refractivity (Wildman–Crippen MR) is 96.1 cm³/mol. The minimum absolute atomic E-state index is 0.0107. The molecule has 0 saturated carbocycles. The molecule has 1 aliphatic heterocycles. The minimum Gasteiger partial charge on any atom is -0.339 e. The number of hydrogen-bond acceptors (Lipinski definition) is 4. The first-order valence-corrected chi connectivity index (χ1v) is 9.78. The maximum absolute atomic E-state index is 12.3. The summed E-state index contributed by atoms with van der Waals surface area (Å²) in [5.41, 5.74) is 6.26. The number of likely N-dealkylation sites (tertiary alicyclic amines) is 1. The first-order chi connectivity index (χ1) is 12.0. The molecular weight excluding hydrogens is 338 g/mol. The topological polar surface area (TPSA) is 78.5 Å². The van der Waals surface area contributed by atoms with Gasteiger partial charge in [0.25, 0.3) is 5.91 Å². The molecule has 1 saturated heterocycles. The van der Waals surface area contributed by atoms with Gasteiger partial charge in [-0.2, -0.15) is 0 Å².